The molecule has 0 atom stereocenters. The average Bonchev–Trinajstić information content (AvgIpc) is 2.28. The molecule has 1 rings (SSSR count). The molecule has 0 heterocycles. The molecule has 0 spiro atoms. The van der Waals surface area contributed by atoms with Crippen molar-refractivity contribution in [3.63, 3.8) is 0 Å². The van der Waals surface area contributed by atoms with Gasteiger partial charge < -0.3 is 20.4 Å². The van der Waals surface area contributed by atoms with Gasteiger partial charge in [0.05, 0.1) is 17.8 Å². The molecule has 0 bridgehead atoms. The Morgan fingerprint density at radius 3 is 2.83 bits per heavy atom. The normalized spacial score (nSPS) is 10.6. The van der Waals surface area contributed by atoms with Crippen LogP contribution < -0.4 is 15.2 Å². The van der Waals surface area contributed by atoms with E-state index in [1.54, 1.807) is 13.0 Å². The predicted octanol–water partition coefficient (Wildman–Crippen LogP) is 1.41. The Bertz CT molecular complexity index is 463. The van der Waals surface area contributed by atoms with E-state index in [9.17, 15) is 4.79 Å². The van der Waals surface area contributed by atoms with E-state index < -0.39 is 5.91 Å². The fourth-order valence-electron chi connectivity index (χ4n) is 1.28. The molecule has 0 saturated carbocycles. The van der Waals surface area contributed by atoms with Crippen LogP contribution in [0.15, 0.2) is 17.3 Å². The lowest BCUT2D eigenvalue weighted by Gasteiger charge is -2.13. The quantitative estimate of drug-likeness (QED) is 0.465. The van der Waals surface area contributed by atoms with E-state index in [0.717, 1.165) is 0 Å². The van der Waals surface area contributed by atoms with E-state index in [1.807, 2.05) is 0 Å². The number of hydrogen-bond donors (Lipinski definition) is 2. The summed E-state index contributed by atoms with van der Waals surface area (Å²) >= 11 is 5.99. The van der Waals surface area contributed by atoms with Crippen molar-refractivity contribution in [3.05, 3.63) is 22.7 Å². The van der Waals surface area contributed by atoms with Gasteiger partial charge in [0.15, 0.2) is 18.1 Å². The smallest absolute Gasteiger partial charge is 0.255 e. The molecule has 0 saturated heterocycles. The van der Waals surface area contributed by atoms with Crippen LogP contribution in [0.25, 0.3) is 0 Å². The Labute approximate surface area is 109 Å². The second kappa shape index (κ2) is 6.70. The van der Waals surface area contributed by atoms with E-state index in [1.165, 1.54) is 12.3 Å². The monoisotopic (exact) mass is 272 g/mol. The van der Waals surface area contributed by atoms with Crippen molar-refractivity contribution < 1.29 is 19.5 Å². The molecule has 6 nitrogen and oxygen atoms in total. The zero-order chi connectivity index (χ0) is 13.5. The number of benzene rings is 1. The van der Waals surface area contributed by atoms with Gasteiger partial charge in [0.2, 0.25) is 0 Å². The van der Waals surface area contributed by atoms with E-state index >= 15 is 0 Å². The van der Waals surface area contributed by atoms with E-state index in [-0.39, 0.29) is 17.4 Å². The van der Waals surface area contributed by atoms with Crippen LogP contribution in [0.2, 0.25) is 5.02 Å². The fraction of sp³-hybridized carbons (Fsp3) is 0.273. The Balaban J connectivity index is 3.09. The molecule has 0 radical (unpaired) electrons. The number of primary amides is 1. The number of ether oxygens (including phenoxy) is 2. The van der Waals surface area contributed by atoms with Gasteiger partial charge in [-0.25, -0.2) is 0 Å². The third-order valence-corrected chi connectivity index (χ3v) is 2.18. The number of rotatable bonds is 6. The highest BCUT2D eigenvalue weighted by Crippen LogP contribution is 2.36. The number of nitrogens with two attached hydrogens (primary N) is 1. The van der Waals surface area contributed by atoms with Crippen LogP contribution in [0.5, 0.6) is 11.5 Å². The Morgan fingerprint density at radius 1 is 1.56 bits per heavy atom. The molecule has 0 fully saturated rings. The number of carbonyl (C=O) groups excluding carboxylic acids is 1. The minimum atomic E-state index is -0.616. The van der Waals surface area contributed by atoms with Gasteiger partial charge in [-0.05, 0) is 19.1 Å². The molecule has 1 amide bonds. The maximum Gasteiger partial charge on any atom is 0.255 e. The fourth-order valence-corrected chi connectivity index (χ4v) is 1.55. The molecular weight excluding hydrogens is 260 g/mol. The maximum absolute atomic E-state index is 10.7. The summed E-state index contributed by atoms with van der Waals surface area (Å²) in [5.41, 5.74) is 5.53. The van der Waals surface area contributed by atoms with Gasteiger partial charge in [0.1, 0.15) is 0 Å². The average molecular weight is 273 g/mol. The summed E-state index contributed by atoms with van der Waals surface area (Å²) in [6, 6.07) is 3.09. The van der Waals surface area contributed by atoms with Crippen LogP contribution in [-0.2, 0) is 4.79 Å². The van der Waals surface area contributed by atoms with Crippen molar-refractivity contribution in [1.29, 1.82) is 0 Å². The zero-order valence-corrected chi connectivity index (χ0v) is 10.5. The third-order valence-electron chi connectivity index (χ3n) is 1.90. The first-order chi connectivity index (χ1) is 8.58. The first-order valence-electron chi connectivity index (χ1n) is 5.13. The highest BCUT2D eigenvalue weighted by molar-refractivity contribution is 6.32. The number of carbonyl (C=O) groups is 1. The van der Waals surface area contributed by atoms with Crippen LogP contribution >= 0.6 is 11.6 Å². The number of halogens is 1. The van der Waals surface area contributed by atoms with Crippen LogP contribution in [0.1, 0.15) is 12.5 Å². The Kier molecular flexibility index (Phi) is 5.26. The zero-order valence-electron chi connectivity index (χ0n) is 9.72. The van der Waals surface area contributed by atoms with Crippen LogP contribution in [0.3, 0.4) is 0 Å². The van der Waals surface area contributed by atoms with Gasteiger partial charge in [-0.1, -0.05) is 16.8 Å². The van der Waals surface area contributed by atoms with Crippen molar-refractivity contribution in [2.45, 2.75) is 6.92 Å². The van der Waals surface area contributed by atoms with Crippen molar-refractivity contribution in [1.82, 2.24) is 0 Å². The Morgan fingerprint density at radius 2 is 2.28 bits per heavy atom. The number of amides is 1. The molecule has 1 aromatic rings. The van der Waals surface area contributed by atoms with Crippen molar-refractivity contribution in [3.8, 4) is 11.5 Å². The summed E-state index contributed by atoms with van der Waals surface area (Å²) in [5.74, 6) is -0.0388. The van der Waals surface area contributed by atoms with Crippen molar-refractivity contribution in [2.75, 3.05) is 13.2 Å². The molecule has 0 aliphatic rings. The maximum atomic E-state index is 10.7. The summed E-state index contributed by atoms with van der Waals surface area (Å²) in [7, 11) is 0. The lowest BCUT2D eigenvalue weighted by atomic mass is 10.2. The topological polar surface area (TPSA) is 94.1 Å². The highest BCUT2D eigenvalue weighted by atomic mass is 35.5. The molecule has 18 heavy (non-hydrogen) atoms. The van der Waals surface area contributed by atoms with E-state index in [4.69, 9.17) is 32.0 Å². The van der Waals surface area contributed by atoms with Gasteiger partial charge in [-0.3, -0.25) is 4.79 Å². The second-order valence-corrected chi connectivity index (χ2v) is 3.67. The lowest BCUT2D eigenvalue weighted by molar-refractivity contribution is -0.119. The first-order valence-corrected chi connectivity index (χ1v) is 5.51. The van der Waals surface area contributed by atoms with Crippen molar-refractivity contribution >= 4 is 23.7 Å². The van der Waals surface area contributed by atoms with Crippen LogP contribution in [0, 0.1) is 0 Å². The molecule has 0 aliphatic heterocycles. The van der Waals surface area contributed by atoms with E-state index in [2.05, 4.69) is 5.16 Å². The standard InChI is InChI=1S/C11H13ClN2O4/c1-2-17-9-4-7(5-14-16)3-8(12)11(9)18-6-10(13)15/h3-5,16H,2,6H2,1H3,(H2,13,15)/b14-5+. The second-order valence-electron chi connectivity index (χ2n) is 3.26. The number of oxime groups is 1. The molecule has 0 aliphatic carbocycles. The van der Waals surface area contributed by atoms with Crippen molar-refractivity contribution in [2.24, 2.45) is 10.9 Å². The summed E-state index contributed by atoms with van der Waals surface area (Å²) in [4.78, 5) is 10.7. The molecular formula is C11H13ClN2O4. The minimum Gasteiger partial charge on any atom is -0.490 e. The third kappa shape index (κ3) is 3.81. The predicted molar refractivity (Wildman–Crippen MR) is 66.7 cm³/mol. The van der Waals surface area contributed by atoms with Gasteiger partial charge >= 0.3 is 0 Å². The molecule has 1 aromatic carbocycles. The highest BCUT2D eigenvalue weighted by Gasteiger charge is 2.13. The molecule has 3 N–H and O–H groups in total. The van der Waals surface area contributed by atoms with Gasteiger partial charge in [0, 0.05) is 5.56 Å². The lowest BCUT2D eigenvalue weighted by Crippen LogP contribution is -2.20. The van der Waals surface area contributed by atoms with Crippen LogP contribution in [-0.4, -0.2) is 30.5 Å². The summed E-state index contributed by atoms with van der Waals surface area (Å²) in [5, 5.41) is 11.6. The van der Waals surface area contributed by atoms with Gasteiger partial charge in [-0.2, -0.15) is 0 Å². The molecule has 98 valence electrons. The van der Waals surface area contributed by atoms with Crippen LogP contribution in [0.4, 0.5) is 0 Å². The number of nitrogens with zero attached hydrogens (tertiary/aromatic N) is 1. The van der Waals surface area contributed by atoms with Gasteiger partial charge in [-0.15, -0.1) is 0 Å². The minimum absolute atomic E-state index is 0.229. The molecule has 0 unspecified atom stereocenters. The number of hydrogen-bond acceptors (Lipinski definition) is 5. The molecule has 7 heteroatoms. The van der Waals surface area contributed by atoms with E-state index in [0.29, 0.717) is 17.9 Å². The largest absolute Gasteiger partial charge is 0.490 e. The first kappa shape index (κ1) is 14.1. The Hall–Kier alpha value is -1.95. The molecule has 0 aromatic heterocycles. The summed E-state index contributed by atoms with van der Waals surface area (Å²) in [6.45, 7) is 1.88. The SMILES string of the molecule is CCOc1cc(/C=N/O)cc(Cl)c1OCC(N)=O. The summed E-state index contributed by atoms with van der Waals surface area (Å²) in [6.07, 6.45) is 1.20. The van der Waals surface area contributed by atoms with Gasteiger partial charge in [0.25, 0.3) is 5.91 Å². The summed E-state index contributed by atoms with van der Waals surface area (Å²) < 4.78 is 10.5.